The zero-order valence-electron chi connectivity index (χ0n) is 8.96. The first-order valence-electron chi connectivity index (χ1n) is 5.52. The molecule has 88 valence electrons. The van der Waals surface area contributed by atoms with Gasteiger partial charge in [0.2, 0.25) is 0 Å². The summed E-state index contributed by atoms with van der Waals surface area (Å²) in [6.07, 6.45) is 3.51. The van der Waals surface area contributed by atoms with Gasteiger partial charge in [0.1, 0.15) is 0 Å². The van der Waals surface area contributed by atoms with E-state index < -0.39 is 0 Å². The number of carbonyl (C=O) groups excluding carboxylic acids is 1. The minimum absolute atomic E-state index is 0.210. The molecular weight excluding hydrogens is 228 g/mol. The van der Waals surface area contributed by atoms with Gasteiger partial charge in [-0.25, -0.2) is 0 Å². The molecule has 1 aromatic rings. The topological polar surface area (TPSA) is 54.3 Å². The van der Waals surface area contributed by atoms with E-state index in [-0.39, 0.29) is 16.9 Å². The van der Waals surface area contributed by atoms with Crippen molar-refractivity contribution in [2.75, 3.05) is 13.1 Å². The molecule has 0 radical (unpaired) electrons. The fraction of sp³-hybridized carbons (Fsp3) is 0.545. The molecule has 1 aliphatic rings. The molecule has 1 aromatic heterocycles. The average Bonchev–Trinajstić information content (AvgIpc) is 2.99. The van der Waals surface area contributed by atoms with Crippen molar-refractivity contribution in [3.63, 3.8) is 0 Å². The van der Waals surface area contributed by atoms with Gasteiger partial charge in [0.05, 0.1) is 0 Å². The zero-order valence-corrected chi connectivity index (χ0v) is 9.72. The van der Waals surface area contributed by atoms with Crippen LogP contribution >= 0.6 is 11.6 Å². The first-order chi connectivity index (χ1) is 7.75. The maximum Gasteiger partial charge on any atom is 0.287 e. The van der Waals surface area contributed by atoms with Crippen LogP contribution in [0.15, 0.2) is 16.5 Å². The molecule has 1 saturated carbocycles. The number of furan rings is 1. The molecule has 0 unspecified atom stereocenters. The third kappa shape index (κ3) is 3.54. The Morgan fingerprint density at radius 1 is 1.44 bits per heavy atom. The molecular formula is C11H15ClN2O2. The van der Waals surface area contributed by atoms with Gasteiger partial charge in [-0.15, -0.1) is 0 Å². The summed E-state index contributed by atoms with van der Waals surface area (Å²) in [6, 6.07) is 3.85. The van der Waals surface area contributed by atoms with Crippen molar-refractivity contribution < 1.29 is 9.21 Å². The highest BCUT2D eigenvalue weighted by molar-refractivity contribution is 6.29. The van der Waals surface area contributed by atoms with E-state index >= 15 is 0 Å². The number of nitrogens with one attached hydrogen (secondary N) is 2. The molecule has 1 heterocycles. The molecule has 0 aromatic carbocycles. The number of rotatable bonds is 6. The van der Waals surface area contributed by atoms with Gasteiger partial charge < -0.3 is 15.1 Å². The number of carbonyl (C=O) groups is 1. The van der Waals surface area contributed by atoms with Crippen molar-refractivity contribution in [1.82, 2.24) is 10.6 Å². The molecule has 2 N–H and O–H groups in total. The Bertz CT molecular complexity index is 361. The summed E-state index contributed by atoms with van der Waals surface area (Å²) in [5.41, 5.74) is 0. The van der Waals surface area contributed by atoms with E-state index in [1.54, 1.807) is 12.1 Å². The Morgan fingerprint density at radius 3 is 2.88 bits per heavy atom. The summed E-state index contributed by atoms with van der Waals surface area (Å²) in [6.45, 7) is 1.60. The lowest BCUT2D eigenvalue weighted by Gasteiger charge is -2.03. The number of hydrogen-bond donors (Lipinski definition) is 2. The van der Waals surface area contributed by atoms with Crippen molar-refractivity contribution >= 4 is 17.5 Å². The van der Waals surface area contributed by atoms with Crippen LogP contribution in [-0.4, -0.2) is 25.0 Å². The van der Waals surface area contributed by atoms with Crippen LogP contribution in [0.3, 0.4) is 0 Å². The maximum absolute atomic E-state index is 11.5. The number of hydrogen-bond acceptors (Lipinski definition) is 3. The minimum atomic E-state index is -0.210. The van der Waals surface area contributed by atoms with Crippen molar-refractivity contribution in [2.45, 2.75) is 25.3 Å². The third-order valence-electron chi connectivity index (χ3n) is 2.45. The molecule has 4 nitrogen and oxygen atoms in total. The van der Waals surface area contributed by atoms with Crippen LogP contribution in [-0.2, 0) is 0 Å². The van der Waals surface area contributed by atoms with Crippen molar-refractivity contribution in [3.8, 4) is 0 Å². The molecule has 0 aliphatic heterocycles. The van der Waals surface area contributed by atoms with Crippen LogP contribution in [0.2, 0.25) is 5.22 Å². The fourth-order valence-electron chi connectivity index (χ4n) is 1.41. The second-order valence-corrected chi connectivity index (χ2v) is 4.31. The standard InChI is InChI=1S/C11H15ClN2O2/c12-10-5-4-9(16-10)11(15)14-7-1-6-13-8-2-3-8/h4-5,8,13H,1-3,6-7H2,(H,14,15). The monoisotopic (exact) mass is 242 g/mol. The van der Waals surface area contributed by atoms with Gasteiger partial charge in [-0.05, 0) is 49.5 Å². The number of halogens is 1. The summed E-state index contributed by atoms with van der Waals surface area (Å²) >= 11 is 5.57. The fourth-order valence-corrected chi connectivity index (χ4v) is 1.55. The summed E-state index contributed by atoms with van der Waals surface area (Å²) in [4.78, 5) is 11.5. The molecule has 1 fully saturated rings. The normalized spacial score (nSPS) is 15.1. The molecule has 1 amide bonds. The smallest absolute Gasteiger partial charge is 0.287 e. The van der Waals surface area contributed by atoms with Gasteiger partial charge in [0, 0.05) is 12.6 Å². The molecule has 0 atom stereocenters. The van der Waals surface area contributed by atoms with Crippen LogP contribution in [0.1, 0.15) is 29.8 Å². The molecule has 0 saturated heterocycles. The van der Waals surface area contributed by atoms with Gasteiger partial charge in [-0.1, -0.05) is 0 Å². The average molecular weight is 243 g/mol. The molecule has 1 aliphatic carbocycles. The van der Waals surface area contributed by atoms with E-state index in [0.29, 0.717) is 6.54 Å². The molecule has 16 heavy (non-hydrogen) atoms. The summed E-state index contributed by atoms with van der Waals surface area (Å²) in [5.74, 6) is 0.0541. The first-order valence-corrected chi connectivity index (χ1v) is 5.90. The quantitative estimate of drug-likeness (QED) is 0.748. The van der Waals surface area contributed by atoms with Gasteiger partial charge >= 0.3 is 0 Å². The Morgan fingerprint density at radius 2 is 2.25 bits per heavy atom. The highest BCUT2D eigenvalue weighted by Gasteiger charge is 2.19. The predicted octanol–water partition coefficient (Wildman–Crippen LogP) is 1.80. The largest absolute Gasteiger partial charge is 0.440 e. The molecule has 0 bridgehead atoms. The van der Waals surface area contributed by atoms with E-state index in [4.69, 9.17) is 16.0 Å². The molecule has 0 spiro atoms. The minimum Gasteiger partial charge on any atom is -0.440 e. The van der Waals surface area contributed by atoms with Crippen LogP contribution in [0.4, 0.5) is 0 Å². The highest BCUT2D eigenvalue weighted by atomic mass is 35.5. The van der Waals surface area contributed by atoms with Gasteiger partial charge in [-0.2, -0.15) is 0 Å². The van der Waals surface area contributed by atoms with Crippen LogP contribution < -0.4 is 10.6 Å². The van der Waals surface area contributed by atoms with Crippen molar-refractivity contribution in [3.05, 3.63) is 23.1 Å². The lowest BCUT2D eigenvalue weighted by Crippen LogP contribution is -2.27. The summed E-state index contributed by atoms with van der Waals surface area (Å²) in [7, 11) is 0. The predicted molar refractivity (Wildman–Crippen MR) is 61.7 cm³/mol. The Balaban J connectivity index is 1.59. The molecule has 5 heteroatoms. The molecule has 2 rings (SSSR count). The van der Waals surface area contributed by atoms with E-state index in [2.05, 4.69) is 10.6 Å². The van der Waals surface area contributed by atoms with E-state index in [0.717, 1.165) is 19.0 Å². The van der Waals surface area contributed by atoms with Crippen molar-refractivity contribution in [1.29, 1.82) is 0 Å². The van der Waals surface area contributed by atoms with Gasteiger partial charge in [0.25, 0.3) is 5.91 Å². The van der Waals surface area contributed by atoms with Crippen LogP contribution in [0.25, 0.3) is 0 Å². The Kier molecular flexibility index (Phi) is 3.85. The second-order valence-electron chi connectivity index (χ2n) is 3.94. The summed E-state index contributed by atoms with van der Waals surface area (Å²) < 4.78 is 4.99. The zero-order chi connectivity index (χ0) is 11.4. The van der Waals surface area contributed by atoms with E-state index in [9.17, 15) is 4.79 Å². The second kappa shape index (κ2) is 5.37. The lowest BCUT2D eigenvalue weighted by molar-refractivity contribution is 0.0925. The van der Waals surface area contributed by atoms with Crippen LogP contribution in [0, 0.1) is 0 Å². The van der Waals surface area contributed by atoms with Crippen LogP contribution in [0.5, 0.6) is 0 Å². The third-order valence-corrected chi connectivity index (χ3v) is 2.65. The van der Waals surface area contributed by atoms with Gasteiger partial charge in [0.15, 0.2) is 11.0 Å². The van der Waals surface area contributed by atoms with Gasteiger partial charge in [-0.3, -0.25) is 4.79 Å². The van der Waals surface area contributed by atoms with E-state index in [1.165, 1.54) is 12.8 Å². The Hall–Kier alpha value is -1.00. The SMILES string of the molecule is O=C(NCCCNC1CC1)c1ccc(Cl)o1. The maximum atomic E-state index is 11.5. The lowest BCUT2D eigenvalue weighted by atomic mass is 10.3. The highest BCUT2D eigenvalue weighted by Crippen LogP contribution is 2.18. The number of amides is 1. The van der Waals surface area contributed by atoms with Crippen molar-refractivity contribution in [2.24, 2.45) is 0 Å². The first kappa shape index (κ1) is 11.5. The van der Waals surface area contributed by atoms with E-state index in [1.807, 2.05) is 0 Å². The Labute approximate surface area is 99.3 Å². The summed E-state index contributed by atoms with van der Waals surface area (Å²) in [5, 5.41) is 6.39.